The molecule has 0 fully saturated rings. The van der Waals surface area contributed by atoms with Crippen molar-refractivity contribution in [2.75, 3.05) is 5.32 Å². The number of aliphatic hydroxyl groups is 1. The molecule has 18 heavy (non-hydrogen) atoms. The van der Waals surface area contributed by atoms with E-state index >= 15 is 0 Å². The Bertz CT molecular complexity index is 552. The van der Waals surface area contributed by atoms with Crippen LogP contribution in [0.25, 0.3) is 0 Å². The molecular formula is C14H12ClNO2. The van der Waals surface area contributed by atoms with Gasteiger partial charge < -0.3 is 10.4 Å². The van der Waals surface area contributed by atoms with Gasteiger partial charge in [0, 0.05) is 5.69 Å². The monoisotopic (exact) mass is 261 g/mol. The van der Waals surface area contributed by atoms with Crippen molar-refractivity contribution in [1.29, 1.82) is 0 Å². The zero-order valence-corrected chi connectivity index (χ0v) is 10.3. The van der Waals surface area contributed by atoms with Crippen LogP contribution in [0.2, 0.25) is 5.02 Å². The first-order valence-electron chi connectivity index (χ1n) is 5.46. The van der Waals surface area contributed by atoms with Crippen molar-refractivity contribution in [2.45, 2.75) is 6.61 Å². The number of benzene rings is 2. The van der Waals surface area contributed by atoms with Crippen molar-refractivity contribution in [3.8, 4) is 0 Å². The van der Waals surface area contributed by atoms with Crippen molar-refractivity contribution in [3.63, 3.8) is 0 Å². The highest BCUT2D eigenvalue weighted by Gasteiger charge is 2.09. The topological polar surface area (TPSA) is 49.3 Å². The number of anilines is 1. The van der Waals surface area contributed by atoms with E-state index in [9.17, 15) is 4.79 Å². The van der Waals surface area contributed by atoms with Crippen LogP contribution >= 0.6 is 11.6 Å². The molecule has 0 spiro atoms. The minimum Gasteiger partial charge on any atom is -0.392 e. The Balaban J connectivity index is 2.14. The molecule has 2 aromatic carbocycles. The van der Waals surface area contributed by atoms with Gasteiger partial charge in [0.2, 0.25) is 0 Å². The summed E-state index contributed by atoms with van der Waals surface area (Å²) in [5.74, 6) is -0.252. The van der Waals surface area contributed by atoms with Gasteiger partial charge in [0.1, 0.15) is 0 Å². The fourth-order valence-electron chi connectivity index (χ4n) is 1.54. The zero-order chi connectivity index (χ0) is 13.0. The van der Waals surface area contributed by atoms with Crippen LogP contribution in [0.15, 0.2) is 48.5 Å². The number of hydrogen-bond acceptors (Lipinski definition) is 2. The summed E-state index contributed by atoms with van der Waals surface area (Å²) in [5, 5.41) is 12.1. The third-order valence-corrected chi connectivity index (χ3v) is 2.84. The molecular weight excluding hydrogens is 250 g/mol. The fraction of sp³-hybridized carbons (Fsp3) is 0.0714. The minimum absolute atomic E-state index is 0.0151. The molecule has 4 heteroatoms. The summed E-state index contributed by atoms with van der Waals surface area (Å²) in [7, 11) is 0. The van der Waals surface area contributed by atoms with Gasteiger partial charge in [-0.3, -0.25) is 4.79 Å². The first-order chi connectivity index (χ1) is 8.70. The maximum Gasteiger partial charge on any atom is 0.257 e. The molecule has 0 saturated carbocycles. The average Bonchev–Trinajstić information content (AvgIpc) is 2.40. The van der Waals surface area contributed by atoms with Crippen LogP contribution < -0.4 is 5.32 Å². The third-order valence-electron chi connectivity index (χ3n) is 2.51. The number of carbonyl (C=O) groups excluding carboxylic acids is 1. The molecule has 0 saturated heterocycles. The number of aliphatic hydroxyl groups excluding tert-OH is 1. The van der Waals surface area contributed by atoms with E-state index < -0.39 is 0 Å². The van der Waals surface area contributed by atoms with Crippen LogP contribution in [0.4, 0.5) is 5.69 Å². The molecule has 0 bridgehead atoms. The van der Waals surface area contributed by atoms with E-state index in [2.05, 4.69) is 5.32 Å². The highest BCUT2D eigenvalue weighted by atomic mass is 35.5. The predicted octanol–water partition coefficient (Wildman–Crippen LogP) is 3.08. The number of hydrogen-bond donors (Lipinski definition) is 2. The number of nitrogens with one attached hydrogen (secondary N) is 1. The predicted molar refractivity (Wildman–Crippen MR) is 71.8 cm³/mol. The van der Waals surface area contributed by atoms with E-state index in [1.54, 1.807) is 48.5 Å². The van der Waals surface area contributed by atoms with Gasteiger partial charge in [0.25, 0.3) is 5.91 Å². The Labute approximate surface area is 110 Å². The second-order valence-electron chi connectivity index (χ2n) is 3.79. The molecule has 0 radical (unpaired) electrons. The van der Waals surface area contributed by atoms with Gasteiger partial charge in [-0.2, -0.15) is 0 Å². The molecule has 0 aliphatic heterocycles. The van der Waals surface area contributed by atoms with E-state index in [1.165, 1.54) is 0 Å². The molecule has 0 aromatic heterocycles. The summed E-state index contributed by atoms with van der Waals surface area (Å²) < 4.78 is 0. The van der Waals surface area contributed by atoms with Crippen LogP contribution in [0.3, 0.4) is 0 Å². The smallest absolute Gasteiger partial charge is 0.257 e. The van der Waals surface area contributed by atoms with Gasteiger partial charge in [-0.15, -0.1) is 0 Å². The lowest BCUT2D eigenvalue weighted by molar-refractivity contribution is 0.102. The highest BCUT2D eigenvalue weighted by Crippen LogP contribution is 2.17. The van der Waals surface area contributed by atoms with Gasteiger partial charge in [0.15, 0.2) is 0 Å². The lowest BCUT2D eigenvalue weighted by atomic mass is 10.2. The largest absolute Gasteiger partial charge is 0.392 e. The average molecular weight is 262 g/mol. The molecule has 2 rings (SSSR count). The molecule has 0 atom stereocenters. The van der Waals surface area contributed by atoms with Crippen LogP contribution in [0.5, 0.6) is 0 Å². The summed E-state index contributed by atoms with van der Waals surface area (Å²) in [4.78, 5) is 11.9. The van der Waals surface area contributed by atoms with Gasteiger partial charge in [-0.05, 0) is 29.8 Å². The molecule has 1 amide bonds. The summed E-state index contributed by atoms with van der Waals surface area (Å²) in [5.41, 5.74) is 1.90. The summed E-state index contributed by atoms with van der Waals surface area (Å²) >= 11 is 5.94. The van der Waals surface area contributed by atoms with Crippen molar-refractivity contribution in [1.82, 2.24) is 0 Å². The Morgan fingerprint density at radius 3 is 2.39 bits per heavy atom. The minimum atomic E-state index is -0.252. The number of rotatable bonds is 3. The van der Waals surface area contributed by atoms with Crippen molar-refractivity contribution in [3.05, 3.63) is 64.7 Å². The Kier molecular flexibility index (Phi) is 3.97. The number of carbonyl (C=O) groups is 1. The molecule has 0 aliphatic carbocycles. The third kappa shape index (κ3) is 2.88. The Hall–Kier alpha value is -1.84. The molecule has 2 aromatic rings. The molecule has 0 unspecified atom stereocenters. The molecule has 92 valence electrons. The summed E-state index contributed by atoms with van der Waals surface area (Å²) in [6.07, 6.45) is 0. The van der Waals surface area contributed by atoms with Gasteiger partial charge in [0.05, 0.1) is 17.2 Å². The van der Waals surface area contributed by atoms with Crippen LogP contribution in [0, 0.1) is 0 Å². The van der Waals surface area contributed by atoms with Gasteiger partial charge in [-0.1, -0.05) is 35.9 Å². The van der Waals surface area contributed by atoms with Gasteiger partial charge in [-0.25, -0.2) is 0 Å². The first-order valence-corrected chi connectivity index (χ1v) is 5.84. The summed E-state index contributed by atoms with van der Waals surface area (Å²) in [6, 6.07) is 13.8. The molecule has 0 aliphatic rings. The second-order valence-corrected chi connectivity index (χ2v) is 4.20. The normalized spacial score (nSPS) is 10.1. The standard InChI is InChI=1S/C14H12ClNO2/c15-13-4-2-1-3-12(13)14(18)16-11-7-5-10(9-17)6-8-11/h1-8,17H,9H2,(H,16,18). The maximum absolute atomic E-state index is 11.9. The maximum atomic E-state index is 11.9. The second kappa shape index (κ2) is 5.67. The van der Waals surface area contributed by atoms with Crippen molar-refractivity contribution < 1.29 is 9.90 Å². The quantitative estimate of drug-likeness (QED) is 0.892. The first kappa shape index (κ1) is 12.6. The van der Waals surface area contributed by atoms with E-state index in [0.717, 1.165) is 5.56 Å². The number of halogens is 1. The molecule has 2 N–H and O–H groups in total. The van der Waals surface area contributed by atoms with E-state index in [-0.39, 0.29) is 12.5 Å². The van der Waals surface area contributed by atoms with E-state index in [4.69, 9.17) is 16.7 Å². The van der Waals surface area contributed by atoms with Crippen LogP contribution in [0.1, 0.15) is 15.9 Å². The Morgan fingerprint density at radius 2 is 1.78 bits per heavy atom. The van der Waals surface area contributed by atoms with Crippen LogP contribution in [-0.2, 0) is 6.61 Å². The van der Waals surface area contributed by atoms with Crippen molar-refractivity contribution in [2.24, 2.45) is 0 Å². The highest BCUT2D eigenvalue weighted by molar-refractivity contribution is 6.34. The SMILES string of the molecule is O=C(Nc1ccc(CO)cc1)c1ccccc1Cl. The number of amides is 1. The van der Waals surface area contributed by atoms with Crippen molar-refractivity contribution >= 4 is 23.2 Å². The van der Waals surface area contributed by atoms with Crippen LogP contribution in [-0.4, -0.2) is 11.0 Å². The lowest BCUT2D eigenvalue weighted by Gasteiger charge is -2.07. The van der Waals surface area contributed by atoms with E-state index in [1.807, 2.05) is 0 Å². The van der Waals surface area contributed by atoms with E-state index in [0.29, 0.717) is 16.3 Å². The Morgan fingerprint density at radius 1 is 1.11 bits per heavy atom. The zero-order valence-electron chi connectivity index (χ0n) is 9.56. The lowest BCUT2D eigenvalue weighted by Crippen LogP contribution is -2.12. The molecule has 3 nitrogen and oxygen atoms in total. The summed E-state index contributed by atoms with van der Waals surface area (Å²) in [6.45, 7) is -0.0151. The van der Waals surface area contributed by atoms with Gasteiger partial charge >= 0.3 is 0 Å². The molecule has 0 heterocycles. The fourth-order valence-corrected chi connectivity index (χ4v) is 1.76.